The summed E-state index contributed by atoms with van der Waals surface area (Å²) in [6, 6.07) is 0. The lowest BCUT2D eigenvalue weighted by Gasteiger charge is -2.05. The molecule has 1 aliphatic rings. The van der Waals surface area contributed by atoms with E-state index in [0.29, 0.717) is 0 Å². The van der Waals surface area contributed by atoms with E-state index in [2.05, 4.69) is 41.1 Å². The van der Waals surface area contributed by atoms with Gasteiger partial charge < -0.3 is 0 Å². The first kappa shape index (κ1) is 11.6. The van der Waals surface area contributed by atoms with Gasteiger partial charge in [0, 0.05) is 11.5 Å². The van der Waals surface area contributed by atoms with Crippen LogP contribution in [-0.4, -0.2) is 17.3 Å². The van der Waals surface area contributed by atoms with Crippen LogP contribution in [0.5, 0.6) is 0 Å². The van der Waals surface area contributed by atoms with Crippen molar-refractivity contribution in [3.63, 3.8) is 0 Å². The molecule has 0 saturated carbocycles. The van der Waals surface area contributed by atoms with Gasteiger partial charge in [0.15, 0.2) is 0 Å². The van der Waals surface area contributed by atoms with Crippen molar-refractivity contribution < 1.29 is 0 Å². The van der Waals surface area contributed by atoms with Crippen molar-refractivity contribution >= 4 is 39.7 Å². The van der Waals surface area contributed by atoms with Gasteiger partial charge in [-0.25, -0.2) is 0 Å². The third kappa shape index (κ3) is 5.26. The Hall–Kier alpha value is 1.48. The normalized spacial score (nSPS) is 18.8. The second kappa shape index (κ2) is 7.84. The highest BCUT2D eigenvalue weighted by Gasteiger charge is 2.15. The SMILES string of the molecule is CCCCCCSP1SCCS1. The molecule has 1 aliphatic heterocycles. The van der Waals surface area contributed by atoms with E-state index in [0.717, 1.165) is 0 Å². The van der Waals surface area contributed by atoms with Gasteiger partial charge in [-0.1, -0.05) is 26.2 Å². The predicted octanol–water partition coefficient (Wildman–Crippen LogP) is 5.01. The van der Waals surface area contributed by atoms with E-state index >= 15 is 0 Å². The Morgan fingerprint density at radius 2 is 1.92 bits per heavy atom. The quantitative estimate of drug-likeness (QED) is 0.473. The molecule has 0 aromatic rings. The van der Waals surface area contributed by atoms with Gasteiger partial charge in [-0.3, -0.25) is 0 Å². The van der Waals surface area contributed by atoms with Gasteiger partial charge in [-0.05, 0) is 12.2 Å². The fourth-order valence-electron chi connectivity index (χ4n) is 1.00. The minimum Gasteiger partial charge on any atom is -0.112 e. The standard InChI is InChI=1S/C8H17PS3/c1-2-3-4-5-6-10-9-11-7-8-12-9/h2-8H2,1H3. The van der Waals surface area contributed by atoms with Crippen LogP contribution in [0.15, 0.2) is 0 Å². The van der Waals surface area contributed by atoms with E-state index in [1.54, 1.807) is 0 Å². The summed E-state index contributed by atoms with van der Waals surface area (Å²) in [7, 11) is 0. The summed E-state index contributed by atoms with van der Waals surface area (Å²) in [5, 5.41) is 0. The van der Waals surface area contributed by atoms with Gasteiger partial charge in [0.25, 0.3) is 0 Å². The van der Waals surface area contributed by atoms with Crippen LogP contribution in [0.4, 0.5) is 0 Å². The molecule has 4 heteroatoms. The monoisotopic (exact) mass is 240 g/mol. The molecule has 1 rings (SSSR count). The van der Waals surface area contributed by atoms with E-state index in [4.69, 9.17) is 0 Å². The van der Waals surface area contributed by atoms with Crippen LogP contribution in [-0.2, 0) is 0 Å². The molecule has 0 bridgehead atoms. The van der Waals surface area contributed by atoms with Gasteiger partial charge in [0.1, 0.15) is 0 Å². The lowest BCUT2D eigenvalue weighted by Crippen LogP contribution is -1.77. The summed E-state index contributed by atoms with van der Waals surface area (Å²) in [6.07, 6.45) is 5.68. The Labute approximate surface area is 89.4 Å². The molecule has 1 fully saturated rings. The highest BCUT2D eigenvalue weighted by Crippen LogP contribution is 2.74. The molecule has 0 radical (unpaired) electrons. The molecule has 0 spiro atoms. The van der Waals surface area contributed by atoms with Crippen LogP contribution in [0.25, 0.3) is 0 Å². The molecule has 1 heterocycles. The maximum atomic E-state index is 2.28. The van der Waals surface area contributed by atoms with Crippen LogP contribution in [0.2, 0.25) is 0 Å². The molecular formula is C8H17PS3. The molecule has 0 atom stereocenters. The highest BCUT2D eigenvalue weighted by molar-refractivity contribution is 9.13. The first-order chi connectivity index (χ1) is 5.93. The minimum atomic E-state index is 0.284. The summed E-state index contributed by atoms with van der Waals surface area (Å²) in [5.41, 5.74) is 0.284. The Bertz CT molecular complexity index is 104. The van der Waals surface area contributed by atoms with Crippen molar-refractivity contribution in [1.82, 2.24) is 0 Å². The molecule has 0 N–H and O–H groups in total. The fourth-order valence-corrected chi connectivity index (χ4v) is 12.4. The second-order valence-corrected chi connectivity index (χ2v) is 12.9. The van der Waals surface area contributed by atoms with Gasteiger partial charge in [-0.2, -0.15) is 0 Å². The molecule has 12 heavy (non-hydrogen) atoms. The van der Waals surface area contributed by atoms with Crippen molar-refractivity contribution in [2.75, 3.05) is 17.3 Å². The first-order valence-electron chi connectivity index (χ1n) is 4.62. The summed E-state index contributed by atoms with van der Waals surface area (Å²) in [4.78, 5) is 0. The molecule has 1 saturated heterocycles. The average Bonchev–Trinajstić information content (AvgIpc) is 2.57. The number of unbranched alkanes of at least 4 members (excludes halogenated alkanes) is 3. The maximum absolute atomic E-state index is 2.28. The van der Waals surface area contributed by atoms with Crippen LogP contribution < -0.4 is 0 Å². The second-order valence-electron chi connectivity index (χ2n) is 2.78. The summed E-state index contributed by atoms with van der Waals surface area (Å²) >= 11 is 6.62. The van der Waals surface area contributed by atoms with Crippen LogP contribution >= 0.6 is 39.7 Å². The van der Waals surface area contributed by atoms with Crippen LogP contribution in [0.1, 0.15) is 32.6 Å². The molecule has 0 nitrogen and oxygen atoms in total. The van der Waals surface area contributed by atoms with E-state index in [9.17, 15) is 0 Å². The molecule has 0 aromatic carbocycles. The van der Waals surface area contributed by atoms with Crippen molar-refractivity contribution in [1.29, 1.82) is 0 Å². The molecule has 0 unspecified atom stereocenters. The van der Waals surface area contributed by atoms with E-state index in [1.165, 1.54) is 42.9 Å². The summed E-state index contributed by atoms with van der Waals surface area (Å²) in [5.74, 6) is 4.21. The van der Waals surface area contributed by atoms with Crippen LogP contribution in [0, 0.1) is 0 Å². The fraction of sp³-hybridized carbons (Fsp3) is 1.00. The number of hydrogen-bond donors (Lipinski definition) is 0. The van der Waals surface area contributed by atoms with Gasteiger partial charge >= 0.3 is 0 Å². The molecule has 72 valence electrons. The zero-order valence-electron chi connectivity index (χ0n) is 7.62. The topological polar surface area (TPSA) is 0 Å². The molecular weight excluding hydrogens is 223 g/mol. The number of hydrogen-bond acceptors (Lipinski definition) is 3. The Morgan fingerprint density at radius 3 is 2.58 bits per heavy atom. The van der Waals surface area contributed by atoms with Crippen LogP contribution in [0.3, 0.4) is 0 Å². The van der Waals surface area contributed by atoms with Crippen molar-refractivity contribution in [2.45, 2.75) is 32.6 Å². The summed E-state index contributed by atoms with van der Waals surface area (Å²) in [6.45, 7) is 2.28. The van der Waals surface area contributed by atoms with Gasteiger partial charge in [0.2, 0.25) is 0 Å². The third-order valence-corrected chi connectivity index (χ3v) is 13.0. The lowest BCUT2D eigenvalue weighted by molar-refractivity contribution is 0.707. The minimum absolute atomic E-state index is 0.284. The largest absolute Gasteiger partial charge is 0.112 e. The Balaban J connectivity index is 1.81. The average molecular weight is 240 g/mol. The predicted molar refractivity (Wildman–Crippen MR) is 68.4 cm³/mol. The smallest absolute Gasteiger partial charge is 0.0729 e. The first-order valence-corrected chi connectivity index (χ1v) is 10.7. The Kier molecular flexibility index (Phi) is 7.55. The van der Waals surface area contributed by atoms with Gasteiger partial charge in [-0.15, -0.1) is 34.1 Å². The van der Waals surface area contributed by atoms with Crippen molar-refractivity contribution in [3.8, 4) is 0 Å². The molecule has 0 amide bonds. The van der Waals surface area contributed by atoms with Crippen molar-refractivity contribution in [3.05, 3.63) is 0 Å². The Morgan fingerprint density at radius 1 is 1.17 bits per heavy atom. The zero-order valence-corrected chi connectivity index (χ0v) is 11.0. The van der Waals surface area contributed by atoms with Crippen molar-refractivity contribution in [2.24, 2.45) is 0 Å². The molecule has 0 aliphatic carbocycles. The maximum Gasteiger partial charge on any atom is 0.0729 e. The lowest BCUT2D eigenvalue weighted by atomic mass is 10.2. The van der Waals surface area contributed by atoms with E-state index in [1.807, 2.05) is 0 Å². The summed E-state index contributed by atoms with van der Waals surface area (Å²) < 4.78 is 0. The third-order valence-electron chi connectivity index (χ3n) is 1.67. The van der Waals surface area contributed by atoms with Gasteiger partial charge in [0.05, 0.1) is 5.53 Å². The zero-order chi connectivity index (χ0) is 8.65. The van der Waals surface area contributed by atoms with E-state index in [-0.39, 0.29) is 5.53 Å². The van der Waals surface area contributed by atoms with E-state index < -0.39 is 0 Å². The number of rotatable bonds is 6. The molecule has 0 aromatic heterocycles. The highest BCUT2D eigenvalue weighted by atomic mass is 33.4.